The van der Waals surface area contributed by atoms with E-state index in [0.717, 1.165) is 0 Å². The molecule has 0 aliphatic carbocycles. The predicted molar refractivity (Wildman–Crippen MR) is 59.0 cm³/mol. The van der Waals surface area contributed by atoms with Gasteiger partial charge in [0.05, 0.1) is 0 Å². The average Bonchev–Trinajstić information content (AvgIpc) is 1.99. The van der Waals surface area contributed by atoms with Crippen molar-refractivity contribution in [1.29, 1.82) is 0 Å². The van der Waals surface area contributed by atoms with Crippen LogP contribution in [0.3, 0.4) is 0 Å². The maximum absolute atomic E-state index is 11.8. The largest absolute Gasteiger partial charge is 0.340 e. The van der Waals surface area contributed by atoms with Gasteiger partial charge in [0.15, 0.2) is 0 Å². The summed E-state index contributed by atoms with van der Waals surface area (Å²) in [5, 5.41) is 0. The van der Waals surface area contributed by atoms with E-state index in [9.17, 15) is 4.79 Å². The van der Waals surface area contributed by atoms with Crippen LogP contribution in [-0.4, -0.2) is 23.4 Å². The van der Waals surface area contributed by atoms with Crippen LogP contribution >= 0.6 is 0 Å². The molecule has 0 aromatic carbocycles. The third-order valence-corrected chi connectivity index (χ3v) is 5.03. The molecule has 0 N–H and O–H groups in total. The summed E-state index contributed by atoms with van der Waals surface area (Å²) in [6, 6.07) is 0. The van der Waals surface area contributed by atoms with E-state index < -0.39 is 0 Å². The number of nitrogens with zero attached hydrogens (tertiary/aromatic N) is 1. The van der Waals surface area contributed by atoms with Gasteiger partial charge in [-0.15, -0.1) is 0 Å². The van der Waals surface area contributed by atoms with Crippen molar-refractivity contribution in [3.05, 3.63) is 0 Å². The van der Waals surface area contributed by atoms with Crippen molar-refractivity contribution in [2.24, 2.45) is 10.8 Å². The number of amides is 1. The highest BCUT2D eigenvalue weighted by Gasteiger charge is 2.55. The quantitative estimate of drug-likeness (QED) is 0.584. The Labute approximate surface area is 87.7 Å². The number of likely N-dealkylation sites (tertiary alicyclic amines) is 1. The minimum Gasteiger partial charge on any atom is -0.340 e. The minimum absolute atomic E-state index is 0.0695. The lowest BCUT2D eigenvalue weighted by molar-refractivity contribution is -0.163. The van der Waals surface area contributed by atoms with Gasteiger partial charge in [-0.05, 0) is 24.7 Å². The van der Waals surface area contributed by atoms with Crippen LogP contribution in [0.15, 0.2) is 0 Å². The topological polar surface area (TPSA) is 20.3 Å². The molecule has 0 radical (unpaired) electrons. The zero-order valence-corrected chi connectivity index (χ0v) is 10.6. The van der Waals surface area contributed by atoms with Crippen molar-refractivity contribution in [1.82, 2.24) is 4.90 Å². The second kappa shape index (κ2) is 2.74. The van der Waals surface area contributed by atoms with Gasteiger partial charge in [0.25, 0.3) is 0 Å². The summed E-state index contributed by atoms with van der Waals surface area (Å²) in [5.41, 5.74) is 0.120. The standard InChI is InChI=1S/C12H23NO/c1-10(2)8-9(14)13(7)12(5,6)11(10,3)4/h8H2,1-7H3. The van der Waals surface area contributed by atoms with E-state index in [1.165, 1.54) is 0 Å². The molecule has 1 aliphatic heterocycles. The lowest BCUT2D eigenvalue weighted by Crippen LogP contribution is -2.64. The van der Waals surface area contributed by atoms with E-state index in [0.29, 0.717) is 6.42 Å². The Morgan fingerprint density at radius 1 is 1.07 bits per heavy atom. The second-order valence-electron chi connectivity index (χ2n) is 6.20. The summed E-state index contributed by atoms with van der Waals surface area (Å²) in [6.45, 7) is 13.2. The molecule has 2 nitrogen and oxygen atoms in total. The van der Waals surface area contributed by atoms with Crippen LogP contribution in [0.5, 0.6) is 0 Å². The molecule has 1 heterocycles. The molecule has 1 amide bonds. The molecule has 1 rings (SSSR count). The SMILES string of the molecule is CN1C(=O)CC(C)(C)C(C)(C)C1(C)C. The molecule has 0 spiro atoms. The number of piperidine rings is 1. The van der Waals surface area contributed by atoms with Crippen LogP contribution in [0.2, 0.25) is 0 Å². The van der Waals surface area contributed by atoms with Gasteiger partial charge in [-0.2, -0.15) is 0 Å². The summed E-state index contributed by atoms with van der Waals surface area (Å²) in [5.74, 6) is 0.263. The van der Waals surface area contributed by atoms with Crippen LogP contribution in [0.4, 0.5) is 0 Å². The Morgan fingerprint density at radius 2 is 1.50 bits per heavy atom. The Kier molecular flexibility index (Phi) is 2.26. The third-order valence-electron chi connectivity index (χ3n) is 5.03. The Morgan fingerprint density at radius 3 is 1.93 bits per heavy atom. The first-order valence-electron chi connectivity index (χ1n) is 5.31. The van der Waals surface area contributed by atoms with Gasteiger partial charge in [0.2, 0.25) is 5.91 Å². The lowest BCUT2D eigenvalue weighted by Gasteiger charge is -2.59. The Balaban J connectivity index is 3.22. The lowest BCUT2D eigenvalue weighted by atomic mass is 9.54. The molecule has 1 fully saturated rings. The number of carbonyl (C=O) groups is 1. The second-order valence-corrected chi connectivity index (χ2v) is 6.20. The molecule has 14 heavy (non-hydrogen) atoms. The van der Waals surface area contributed by atoms with E-state index in [-0.39, 0.29) is 22.3 Å². The van der Waals surface area contributed by atoms with E-state index in [4.69, 9.17) is 0 Å². The fourth-order valence-electron chi connectivity index (χ4n) is 2.28. The zero-order valence-electron chi connectivity index (χ0n) is 10.6. The van der Waals surface area contributed by atoms with Gasteiger partial charge < -0.3 is 4.90 Å². The highest BCUT2D eigenvalue weighted by Crippen LogP contribution is 2.54. The molecule has 1 aliphatic rings. The van der Waals surface area contributed by atoms with Crippen molar-refractivity contribution in [3.8, 4) is 0 Å². The highest BCUT2D eigenvalue weighted by atomic mass is 16.2. The molecular weight excluding hydrogens is 174 g/mol. The van der Waals surface area contributed by atoms with Gasteiger partial charge >= 0.3 is 0 Å². The smallest absolute Gasteiger partial charge is 0.223 e. The normalized spacial score (nSPS) is 29.1. The number of hydrogen-bond donors (Lipinski definition) is 0. The van der Waals surface area contributed by atoms with Crippen molar-refractivity contribution < 1.29 is 4.79 Å². The molecular formula is C12H23NO. The molecule has 0 saturated carbocycles. The van der Waals surface area contributed by atoms with Gasteiger partial charge in [0, 0.05) is 19.0 Å². The fraction of sp³-hybridized carbons (Fsp3) is 0.917. The maximum Gasteiger partial charge on any atom is 0.223 e. The van der Waals surface area contributed by atoms with Crippen molar-refractivity contribution in [2.75, 3.05) is 7.05 Å². The van der Waals surface area contributed by atoms with E-state index in [1.807, 2.05) is 11.9 Å². The first-order chi connectivity index (χ1) is 6.04. The number of hydrogen-bond acceptors (Lipinski definition) is 1. The first-order valence-corrected chi connectivity index (χ1v) is 5.31. The van der Waals surface area contributed by atoms with Crippen LogP contribution < -0.4 is 0 Å². The first kappa shape index (κ1) is 11.5. The van der Waals surface area contributed by atoms with Crippen molar-refractivity contribution in [2.45, 2.75) is 53.5 Å². The van der Waals surface area contributed by atoms with Gasteiger partial charge in [-0.25, -0.2) is 0 Å². The van der Waals surface area contributed by atoms with E-state index >= 15 is 0 Å². The van der Waals surface area contributed by atoms with Crippen LogP contribution in [0, 0.1) is 10.8 Å². The van der Waals surface area contributed by atoms with Crippen LogP contribution in [-0.2, 0) is 4.79 Å². The summed E-state index contributed by atoms with van der Waals surface area (Å²) < 4.78 is 0. The van der Waals surface area contributed by atoms with E-state index in [1.54, 1.807) is 0 Å². The Bertz CT molecular complexity index is 263. The fourth-order valence-corrected chi connectivity index (χ4v) is 2.28. The zero-order chi connectivity index (χ0) is 11.4. The van der Waals surface area contributed by atoms with Crippen molar-refractivity contribution in [3.63, 3.8) is 0 Å². The monoisotopic (exact) mass is 197 g/mol. The molecule has 0 unspecified atom stereocenters. The van der Waals surface area contributed by atoms with Crippen LogP contribution in [0.25, 0.3) is 0 Å². The highest BCUT2D eigenvalue weighted by molar-refractivity contribution is 5.79. The summed E-state index contributed by atoms with van der Waals surface area (Å²) in [4.78, 5) is 13.7. The van der Waals surface area contributed by atoms with Crippen LogP contribution in [0.1, 0.15) is 48.0 Å². The van der Waals surface area contributed by atoms with Gasteiger partial charge in [-0.3, -0.25) is 4.79 Å². The number of rotatable bonds is 0. The molecule has 2 heteroatoms. The summed E-state index contributed by atoms with van der Waals surface area (Å²) in [7, 11) is 1.92. The molecule has 0 aromatic heterocycles. The average molecular weight is 197 g/mol. The molecule has 0 aromatic rings. The van der Waals surface area contributed by atoms with E-state index in [2.05, 4.69) is 41.5 Å². The summed E-state index contributed by atoms with van der Waals surface area (Å²) in [6.07, 6.45) is 0.653. The van der Waals surface area contributed by atoms with Gasteiger partial charge in [-0.1, -0.05) is 27.7 Å². The molecule has 82 valence electrons. The predicted octanol–water partition coefficient (Wildman–Crippen LogP) is 2.68. The molecule has 0 atom stereocenters. The minimum atomic E-state index is -0.0775. The van der Waals surface area contributed by atoms with Crippen molar-refractivity contribution >= 4 is 5.91 Å². The third kappa shape index (κ3) is 1.19. The summed E-state index contributed by atoms with van der Waals surface area (Å²) >= 11 is 0. The molecule has 0 bridgehead atoms. The Hall–Kier alpha value is -0.530. The number of carbonyl (C=O) groups excluding carboxylic acids is 1. The van der Waals surface area contributed by atoms with Gasteiger partial charge in [0.1, 0.15) is 0 Å². The maximum atomic E-state index is 11.8. The molecule has 1 saturated heterocycles.